The van der Waals surface area contributed by atoms with Crippen molar-refractivity contribution >= 4 is 63.5 Å². The molecule has 2 aromatic rings. The van der Waals surface area contributed by atoms with Crippen LogP contribution in [-0.4, -0.2) is 27.4 Å². The number of ether oxygens (including phenoxy) is 1. The van der Waals surface area contributed by atoms with Crippen molar-refractivity contribution in [1.82, 2.24) is 0 Å². The van der Waals surface area contributed by atoms with E-state index in [4.69, 9.17) is 33.7 Å². The summed E-state index contributed by atoms with van der Waals surface area (Å²) in [5, 5.41) is 8.84. The number of thiocarbonyl (C=S) groups is 1. The Hall–Kier alpha value is -2.42. The number of rotatable bonds is 5. The summed E-state index contributed by atoms with van der Waals surface area (Å²) in [6.07, 6.45) is 0.625. The Bertz CT molecular complexity index is 1010. The van der Waals surface area contributed by atoms with Gasteiger partial charge in [-0.05, 0) is 48.9 Å². The minimum absolute atomic E-state index is 0.104. The van der Waals surface area contributed by atoms with Crippen LogP contribution in [0, 0.1) is 5.82 Å². The van der Waals surface area contributed by atoms with Crippen LogP contribution in [0.4, 0.5) is 10.1 Å². The van der Waals surface area contributed by atoms with E-state index in [-0.39, 0.29) is 10.9 Å². The molecule has 0 bridgehead atoms. The van der Waals surface area contributed by atoms with Crippen molar-refractivity contribution in [3.8, 4) is 5.75 Å². The van der Waals surface area contributed by atoms with Gasteiger partial charge in [-0.15, -0.1) is 0 Å². The summed E-state index contributed by atoms with van der Waals surface area (Å²) in [4.78, 5) is 25.3. The van der Waals surface area contributed by atoms with Crippen molar-refractivity contribution in [3.05, 3.63) is 63.8 Å². The molecule has 2 aromatic carbocycles. The third-order valence-electron chi connectivity index (χ3n) is 3.77. The maximum Gasteiger partial charge on any atom is 0.344 e. The van der Waals surface area contributed by atoms with Crippen LogP contribution in [-0.2, 0) is 9.59 Å². The van der Waals surface area contributed by atoms with Crippen molar-refractivity contribution in [1.29, 1.82) is 0 Å². The Labute approximate surface area is 174 Å². The summed E-state index contributed by atoms with van der Waals surface area (Å²) in [5.41, 5.74) is 1.03. The molecule has 1 unspecified atom stereocenters. The van der Waals surface area contributed by atoms with Gasteiger partial charge >= 0.3 is 5.97 Å². The predicted octanol–water partition coefficient (Wildman–Crippen LogP) is 4.74. The van der Waals surface area contributed by atoms with Crippen LogP contribution in [0.15, 0.2) is 47.4 Å². The molecule has 1 aliphatic heterocycles. The molecule has 1 amide bonds. The fourth-order valence-electron chi connectivity index (χ4n) is 2.40. The molecular weight excluding hydrogens is 425 g/mol. The number of halogens is 2. The largest absolute Gasteiger partial charge is 0.479 e. The van der Waals surface area contributed by atoms with E-state index in [9.17, 15) is 14.0 Å². The maximum atomic E-state index is 13.4. The average molecular weight is 438 g/mol. The highest BCUT2D eigenvalue weighted by atomic mass is 35.5. The maximum absolute atomic E-state index is 13.4. The van der Waals surface area contributed by atoms with E-state index in [0.717, 1.165) is 11.8 Å². The van der Waals surface area contributed by atoms with E-state index in [1.165, 1.54) is 30.0 Å². The van der Waals surface area contributed by atoms with Crippen LogP contribution >= 0.6 is 35.6 Å². The number of aliphatic carboxylic acids is 1. The fraction of sp³-hybridized carbons (Fsp3) is 0.105. The number of thioether (sulfide) groups is 1. The van der Waals surface area contributed by atoms with Gasteiger partial charge in [0.2, 0.25) is 0 Å². The number of hydrogen-bond donors (Lipinski definition) is 1. The molecule has 144 valence electrons. The molecular formula is C19H13ClFNO4S2. The summed E-state index contributed by atoms with van der Waals surface area (Å²) < 4.78 is 19.0. The first kappa shape index (κ1) is 20.3. The number of carbonyl (C=O) groups excluding carboxylic acids is 1. The molecule has 3 rings (SSSR count). The Morgan fingerprint density at radius 2 is 2.11 bits per heavy atom. The number of carbonyl (C=O) groups is 2. The number of hydrogen-bond acceptors (Lipinski definition) is 5. The molecule has 28 heavy (non-hydrogen) atoms. The van der Waals surface area contributed by atoms with Crippen LogP contribution in [0.25, 0.3) is 6.08 Å². The van der Waals surface area contributed by atoms with Crippen LogP contribution < -0.4 is 9.64 Å². The van der Waals surface area contributed by atoms with Crippen molar-refractivity contribution in [2.75, 3.05) is 4.90 Å². The topological polar surface area (TPSA) is 66.8 Å². The van der Waals surface area contributed by atoms with E-state index >= 15 is 0 Å². The fourth-order valence-corrected chi connectivity index (χ4v) is 3.87. The summed E-state index contributed by atoms with van der Waals surface area (Å²) in [6, 6.07) is 10.6. The summed E-state index contributed by atoms with van der Waals surface area (Å²) in [5.74, 6) is -1.66. The van der Waals surface area contributed by atoms with E-state index in [0.29, 0.717) is 26.2 Å². The molecule has 9 heteroatoms. The molecule has 1 saturated heterocycles. The zero-order chi connectivity index (χ0) is 20.4. The second-order valence-corrected chi connectivity index (χ2v) is 7.87. The van der Waals surface area contributed by atoms with E-state index in [1.54, 1.807) is 30.3 Å². The molecule has 1 N–H and O–H groups in total. The lowest BCUT2D eigenvalue weighted by Crippen LogP contribution is -2.27. The second kappa shape index (κ2) is 8.30. The normalized spacial score (nSPS) is 16.5. The number of carboxylic acid groups (broad SMARTS) is 1. The number of anilines is 1. The lowest BCUT2D eigenvalue weighted by atomic mass is 10.2. The quantitative estimate of drug-likeness (QED) is 0.538. The van der Waals surface area contributed by atoms with Crippen LogP contribution in [0.5, 0.6) is 5.75 Å². The lowest BCUT2D eigenvalue weighted by Gasteiger charge is -2.14. The number of carboxylic acids is 1. The number of benzene rings is 2. The van der Waals surface area contributed by atoms with Crippen molar-refractivity contribution in [3.63, 3.8) is 0 Å². The van der Waals surface area contributed by atoms with Gasteiger partial charge in [-0.1, -0.05) is 47.7 Å². The first-order chi connectivity index (χ1) is 13.3. The number of nitrogens with zero attached hydrogens (tertiary/aromatic N) is 1. The smallest absolute Gasteiger partial charge is 0.344 e. The van der Waals surface area contributed by atoms with Crippen molar-refractivity contribution in [2.24, 2.45) is 0 Å². The van der Waals surface area contributed by atoms with Gasteiger partial charge in [-0.2, -0.15) is 0 Å². The third kappa shape index (κ3) is 4.35. The highest BCUT2D eigenvalue weighted by Gasteiger charge is 2.33. The Balaban J connectivity index is 1.85. The average Bonchev–Trinajstić information content (AvgIpc) is 2.91. The summed E-state index contributed by atoms with van der Waals surface area (Å²) in [7, 11) is 0. The third-order valence-corrected chi connectivity index (χ3v) is 5.36. The molecule has 5 nitrogen and oxygen atoms in total. The molecule has 0 aromatic heterocycles. The van der Waals surface area contributed by atoms with Gasteiger partial charge in [0.1, 0.15) is 11.6 Å². The Morgan fingerprint density at radius 1 is 1.36 bits per heavy atom. The molecule has 1 atom stereocenters. The van der Waals surface area contributed by atoms with Gasteiger partial charge in [0.05, 0.1) is 15.6 Å². The van der Waals surface area contributed by atoms with Gasteiger partial charge in [0.15, 0.2) is 10.4 Å². The van der Waals surface area contributed by atoms with Crippen LogP contribution in [0.1, 0.15) is 12.5 Å². The zero-order valence-electron chi connectivity index (χ0n) is 14.4. The zero-order valence-corrected chi connectivity index (χ0v) is 16.8. The van der Waals surface area contributed by atoms with Crippen LogP contribution in [0.3, 0.4) is 0 Å². The van der Waals surface area contributed by atoms with Gasteiger partial charge in [-0.25, -0.2) is 9.18 Å². The highest BCUT2D eigenvalue weighted by molar-refractivity contribution is 8.27. The molecule has 1 aliphatic rings. The minimum atomic E-state index is -1.08. The minimum Gasteiger partial charge on any atom is -0.479 e. The SMILES string of the molecule is CC(Oc1cccc(/C=C2/SC(=S)N(c3ccc(F)c(Cl)c3)C2=O)c1)C(=O)O. The first-order valence-corrected chi connectivity index (χ1v) is 9.59. The van der Waals surface area contributed by atoms with Crippen LogP contribution in [0.2, 0.25) is 5.02 Å². The summed E-state index contributed by atoms with van der Waals surface area (Å²) >= 11 is 12.2. The van der Waals surface area contributed by atoms with Crippen molar-refractivity contribution < 1.29 is 23.8 Å². The lowest BCUT2D eigenvalue weighted by molar-refractivity contribution is -0.144. The predicted molar refractivity (Wildman–Crippen MR) is 111 cm³/mol. The van der Waals surface area contributed by atoms with Gasteiger partial charge in [0.25, 0.3) is 5.91 Å². The standard InChI is InChI=1S/C19H13ClFNO4S2/c1-10(18(24)25)26-13-4-2-3-11(7-13)8-16-17(23)22(19(27)28-16)12-5-6-15(21)14(20)9-12/h2-10H,1H3,(H,24,25)/b16-8+. The van der Waals surface area contributed by atoms with Crippen molar-refractivity contribution in [2.45, 2.75) is 13.0 Å². The molecule has 1 fully saturated rings. The Kier molecular flexibility index (Phi) is 6.02. The van der Waals surface area contributed by atoms with Gasteiger partial charge in [-0.3, -0.25) is 9.69 Å². The first-order valence-electron chi connectivity index (χ1n) is 7.99. The molecule has 0 radical (unpaired) electrons. The van der Waals surface area contributed by atoms with E-state index < -0.39 is 17.9 Å². The molecule has 0 aliphatic carbocycles. The number of amides is 1. The van der Waals surface area contributed by atoms with Gasteiger partial charge < -0.3 is 9.84 Å². The highest BCUT2D eigenvalue weighted by Crippen LogP contribution is 2.37. The Morgan fingerprint density at radius 3 is 2.79 bits per heavy atom. The monoisotopic (exact) mass is 437 g/mol. The molecule has 0 saturated carbocycles. The van der Waals surface area contributed by atoms with E-state index in [2.05, 4.69) is 0 Å². The van der Waals surface area contributed by atoms with E-state index in [1.807, 2.05) is 0 Å². The second-order valence-electron chi connectivity index (χ2n) is 5.79. The molecule has 1 heterocycles. The van der Waals surface area contributed by atoms with Gasteiger partial charge in [0, 0.05) is 0 Å². The summed E-state index contributed by atoms with van der Waals surface area (Å²) in [6.45, 7) is 1.42. The molecule has 0 spiro atoms.